The number of aromatic nitrogens is 4. The van der Waals surface area contributed by atoms with Crippen molar-refractivity contribution in [1.29, 1.82) is 0 Å². The zero-order valence-corrected chi connectivity index (χ0v) is 8.88. The van der Waals surface area contributed by atoms with Gasteiger partial charge in [-0.3, -0.25) is 4.79 Å². The molecule has 0 spiro atoms. The molecule has 2 heterocycles. The van der Waals surface area contributed by atoms with Crippen LogP contribution in [0.1, 0.15) is 11.7 Å². The van der Waals surface area contributed by atoms with Crippen molar-refractivity contribution in [3.05, 3.63) is 34.2 Å². The standard InChI is InChI=1S/C9H10N4O3/c1-6-10-8(16-12-6)5-13-9(14)4-3-7(11-13)15-2/h3-4H,5H2,1-2H3. The second kappa shape index (κ2) is 4.13. The first-order valence-corrected chi connectivity index (χ1v) is 4.60. The van der Waals surface area contributed by atoms with E-state index in [0.29, 0.717) is 17.6 Å². The molecule has 0 atom stereocenters. The highest BCUT2D eigenvalue weighted by Crippen LogP contribution is 2.01. The number of ether oxygens (including phenoxy) is 1. The molecule has 0 amide bonds. The van der Waals surface area contributed by atoms with Gasteiger partial charge in [0.2, 0.25) is 11.8 Å². The summed E-state index contributed by atoms with van der Waals surface area (Å²) in [5.41, 5.74) is -0.253. The van der Waals surface area contributed by atoms with Crippen molar-refractivity contribution in [2.45, 2.75) is 13.5 Å². The van der Waals surface area contributed by atoms with Crippen molar-refractivity contribution in [2.75, 3.05) is 7.11 Å². The Bertz CT molecular complexity index is 546. The lowest BCUT2D eigenvalue weighted by Crippen LogP contribution is -2.22. The van der Waals surface area contributed by atoms with Crippen LogP contribution in [0.15, 0.2) is 21.5 Å². The van der Waals surface area contributed by atoms with E-state index >= 15 is 0 Å². The summed E-state index contributed by atoms with van der Waals surface area (Å²) in [7, 11) is 1.48. The van der Waals surface area contributed by atoms with E-state index in [2.05, 4.69) is 15.2 Å². The summed E-state index contributed by atoms with van der Waals surface area (Å²) < 4.78 is 11.0. The third-order valence-electron chi connectivity index (χ3n) is 1.91. The number of rotatable bonds is 3. The van der Waals surface area contributed by atoms with E-state index in [1.54, 1.807) is 6.92 Å². The van der Waals surface area contributed by atoms with Crippen LogP contribution in [0.2, 0.25) is 0 Å². The minimum absolute atomic E-state index is 0.136. The summed E-state index contributed by atoms with van der Waals surface area (Å²) in [4.78, 5) is 15.4. The summed E-state index contributed by atoms with van der Waals surface area (Å²) in [6, 6.07) is 2.87. The maximum Gasteiger partial charge on any atom is 0.267 e. The molecule has 0 aliphatic rings. The molecule has 16 heavy (non-hydrogen) atoms. The van der Waals surface area contributed by atoms with Crippen LogP contribution < -0.4 is 10.3 Å². The minimum Gasteiger partial charge on any atom is -0.480 e. The molecule has 2 aromatic heterocycles. The summed E-state index contributed by atoms with van der Waals surface area (Å²) >= 11 is 0. The topological polar surface area (TPSA) is 83.0 Å². The fourth-order valence-corrected chi connectivity index (χ4v) is 1.18. The van der Waals surface area contributed by atoms with E-state index in [1.807, 2.05) is 0 Å². The molecule has 0 saturated carbocycles. The van der Waals surface area contributed by atoms with E-state index in [-0.39, 0.29) is 12.1 Å². The average molecular weight is 222 g/mol. The van der Waals surface area contributed by atoms with Gasteiger partial charge < -0.3 is 9.26 Å². The van der Waals surface area contributed by atoms with Gasteiger partial charge in [-0.25, -0.2) is 4.68 Å². The van der Waals surface area contributed by atoms with Gasteiger partial charge in [-0.2, -0.15) is 4.98 Å². The number of hydrogen-bond donors (Lipinski definition) is 0. The highest BCUT2D eigenvalue weighted by atomic mass is 16.5. The molecule has 84 valence electrons. The van der Waals surface area contributed by atoms with Gasteiger partial charge in [0.05, 0.1) is 7.11 Å². The Kier molecular flexibility index (Phi) is 2.67. The monoisotopic (exact) mass is 222 g/mol. The second-order valence-corrected chi connectivity index (χ2v) is 3.11. The highest BCUT2D eigenvalue weighted by Gasteiger charge is 2.07. The Morgan fingerprint density at radius 2 is 2.31 bits per heavy atom. The van der Waals surface area contributed by atoms with Gasteiger partial charge in [0, 0.05) is 12.1 Å². The average Bonchev–Trinajstić information content (AvgIpc) is 2.67. The Morgan fingerprint density at radius 1 is 1.50 bits per heavy atom. The van der Waals surface area contributed by atoms with E-state index in [0.717, 1.165) is 0 Å². The fraction of sp³-hybridized carbons (Fsp3) is 0.333. The zero-order chi connectivity index (χ0) is 11.5. The molecule has 0 fully saturated rings. The molecule has 7 nitrogen and oxygen atoms in total. The minimum atomic E-state index is -0.253. The fourth-order valence-electron chi connectivity index (χ4n) is 1.18. The van der Waals surface area contributed by atoms with Gasteiger partial charge >= 0.3 is 0 Å². The zero-order valence-electron chi connectivity index (χ0n) is 8.88. The van der Waals surface area contributed by atoms with Crippen molar-refractivity contribution in [2.24, 2.45) is 0 Å². The summed E-state index contributed by atoms with van der Waals surface area (Å²) in [6.07, 6.45) is 0. The molecule has 0 saturated heterocycles. The number of aryl methyl sites for hydroxylation is 1. The van der Waals surface area contributed by atoms with Crippen LogP contribution in [-0.4, -0.2) is 27.0 Å². The molecule has 0 aliphatic carbocycles. The Morgan fingerprint density at radius 3 is 2.94 bits per heavy atom. The summed E-state index contributed by atoms with van der Waals surface area (Å²) in [5, 5.41) is 7.57. The largest absolute Gasteiger partial charge is 0.480 e. The van der Waals surface area contributed by atoms with Gasteiger partial charge in [-0.15, -0.1) is 5.10 Å². The van der Waals surface area contributed by atoms with E-state index in [9.17, 15) is 4.79 Å². The lowest BCUT2D eigenvalue weighted by molar-refractivity contribution is 0.346. The SMILES string of the molecule is COc1ccc(=O)n(Cc2nc(C)no2)n1. The van der Waals surface area contributed by atoms with Crippen LogP contribution >= 0.6 is 0 Å². The van der Waals surface area contributed by atoms with Gasteiger partial charge in [-0.1, -0.05) is 5.16 Å². The predicted octanol–water partition coefficient (Wildman–Crippen LogP) is -0.00838. The molecular formula is C9H10N4O3. The first-order valence-electron chi connectivity index (χ1n) is 4.60. The summed E-state index contributed by atoms with van der Waals surface area (Å²) in [5.74, 6) is 1.21. The maximum atomic E-state index is 11.5. The molecular weight excluding hydrogens is 212 g/mol. The smallest absolute Gasteiger partial charge is 0.267 e. The number of methoxy groups -OCH3 is 1. The molecule has 2 aromatic rings. The third-order valence-corrected chi connectivity index (χ3v) is 1.91. The first kappa shape index (κ1) is 10.3. The van der Waals surface area contributed by atoms with Crippen molar-refractivity contribution >= 4 is 0 Å². The van der Waals surface area contributed by atoms with Gasteiger partial charge in [0.1, 0.15) is 6.54 Å². The lowest BCUT2D eigenvalue weighted by Gasteiger charge is -2.02. The van der Waals surface area contributed by atoms with Crippen molar-refractivity contribution < 1.29 is 9.26 Å². The number of nitrogens with zero attached hydrogens (tertiary/aromatic N) is 4. The normalized spacial score (nSPS) is 10.4. The van der Waals surface area contributed by atoms with Crippen LogP contribution in [-0.2, 0) is 6.54 Å². The first-order chi connectivity index (χ1) is 7.69. The Balaban J connectivity index is 2.30. The maximum absolute atomic E-state index is 11.5. The molecule has 2 rings (SSSR count). The van der Waals surface area contributed by atoms with Crippen molar-refractivity contribution in [3.8, 4) is 5.88 Å². The molecule has 7 heteroatoms. The quantitative estimate of drug-likeness (QED) is 0.726. The second-order valence-electron chi connectivity index (χ2n) is 3.11. The van der Waals surface area contributed by atoms with Gasteiger partial charge in [0.25, 0.3) is 5.56 Å². The molecule has 0 bridgehead atoms. The molecule has 0 N–H and O–H groups in total. The van der Waals surface area contributed by atoms with E-state index < -0.39 is 0 Å². The van der Waals surface area contributed by atoms with Crippen molar-refractivity contribution in [1.82, 2.24) is 19.9 Å². The predicted molar refractivity (Wildman–Crippen MR) is 53.2 cm³/mol. The van der Waals surface area contributed by atoms with Crippen LogP contribution in [0.3, 0.4) is 0 Å². The van der Waals surface area contributed by atoms with Gasteiger partial charge in [-0.05, 0) is 6.92 Å². The van der Waals surface area contributed by atoms with E-state index in [1.165, 1.54) is 23.9 Å². The lowest BCUT2D eigenvalue weighted by atomic mass is 10.5. The van der Waals surface area contributed by atoms with Crippen LogP contribution in [0.25, 0.3) is 0 Å². The van der Waals surface area contributed by atoms with Crippen LogP contribution in [0.5, 0.6) is 5.88 Å². The molecule has 0 radical (unpaired) electrons. The van der Waals surface area contributed by atoms with Gasteiger partial charge in [0.15, 0.2) is 5.82 Å². The molecule has 0 aromatic carbocycles. The Hall–Kier alpha value is -2.18. The third kappa shape index (κ3) is 2.08. The summed E-state index contributed by atoms with van der Waals surface area (Å²) in [6.45, 7) is 1.84. The van der Waals surface area contributed by atoms with Crippen LogP contribution in [0.4, 0.5) is 0 Å². The van der Waals surface area contributed by atoms with Crippen LogP contribution in [0, 0.1) is 6.92 Å². The van der Waals surface area contributed by atoms with Crippen molar-refractivity contribution in [3.63, 3.8) is 0 Å². The number of hydrogen-bond acceptors (Lipinski definition) is 6. The molecule has 0 unspecified atom stereocenters. The Labute approximate surface area is 90.7 Å². The van der Waals surface area contributed by atoms with E-state index in [4.69, 9.17) is 9.26 Å². The highest BCUT2D eigenvalue weighted by molar-refractivity contribution is 5.06. The molecule has 0 aliphatic heterocycles.